The molecule has 2 aromatic rings. The molecule has 170 valence electrons. The summed E-state index contributed by atoms with van der Waals surface area (Å²) in [5.74, 6) is 1.51. The number of aryl methyl sites for hydroxylation is 2. The van der Waals surface area contributed by atoms with Crippen LogP contribution in [0.25, 0.3) is 0 Å². The van der Waals surface area contributed by atoms with Crippen LogP contribution in [0.4, 0.5) is 17.5 Å². The Kier molecular flexibility index (Phi) is 5.10. The summed E-state index contributed by atoms with van der Waals surface area (Å²) in [5, 5.41) is 17.1. The maximum atomic E-state index is 9.64. The number of hydrogen-bond acceptors (Lipinski definition) is 8. The van der Waals surface area contributed by atoms with Gasteiger partial charge in [0.1, 0.15) is 5.82 Å². The smallest absolute Gasteiger partial charge is 0.229 e. The molecule has 0 amide bonds. The minimum atomic E-state index is -0.0814. The Morgan fingerprint density at radius 1 is 1.22 bits per heavy atom. The van der Waals surface area contributed by atoms with Crippen molar-refractivity contribution >= 4 is 17.5 Å². The SMILES string of the molecule is Cc1cnc(Nc2cnn(C)c2)nc1N1CC(CC#N)(N2CCN3CC(C)(C)C[C@H]3C2)C1. The fourth-order valence-electron chi connectivity index (χ4n) is 5.79. The summed E-state index contributed by atoms with van der Waals surface area (Å²) in [6, 6.07) is 3.09. The molecular weight excluding hydrogens is 402 g/mol. The highest BCUT2D eigenvalue weighted by atomic mass is 15.4. The zero-order chi connectivity index (χ0) is 22.5. The Morgan fingerprint density at radius 3 is 2.75 bits per heavy atom. The predicted molar refractivity (Wildman–Crippen MR) is 124 cm³/mol. The molecule has 9 heteroatoms. The van der Waals surface area contributed by atoms with E-state index < -0.39 is 0 Å². The molecule has 0 aromatic carbocycles. The first kappa shape index (κ1) is 21.2. The molecule has 2 aromatic heterocycles. The lowest BCUT2D eigenvalue weighted by Gasteiger charge is -2.58. The van der Waals surface area contributed by atoms with Crippen LogP contribution in [0.3, 0.4) is 0 Å². The van der Waals surface area contributed by atoms with Crippen molar-refractivity contribution in [2.24, 2.45) is 12.5 Å². The van der Waals surface area contributed by atoms with E-state index in [2.05, 4.69) is 50.0 Å². The van der Waals surface area contributed by atoms with Crippen LogP contribution in [0.2, 0.25) is 0 Å². The van der Waals surface area contributed by atoms with Gasteiger partial charge >= 0.3 is 0 Å². The molecule has 0 bridgehead atoms. The third kappa shape index (κ3) is 3.82. The van der Waals surface area contributed by atoms with Crippen LogP contribution in [0.5, 0.6) is 0 Å². The summed E-state index contributed by atoms with van der Waals surface area (Å²) < 4.78 is 1.74. The van der Waals surface area contributed by atoms with Crippen LogP contribution in [-0.4, -0.2) is 80.4 Å². The van der Waals surface area contributed by atoms with Gasteiger partial charge in [-0.1, -0.05) is 13.8 Å². The second-order valence-electron chi connectivity index (χ2n) is 10.6. The molecule has 32 heavy (non-hydrogen) atoms. The number of nitrogens with one attached hydrogen (secondary N) is 1. The van der Waals surface area contributed by atoms with E-state index in [4.69, 9.17) is 4.98 Å². The topological polar surface area (TPSA) is 89.1 Å². The van der Waals surface area contributed by atoms with Crippen molar-refractivity contribution in [1.82, 2.24) is 29.5 Å². The third-order valence-corrected chi connectivity index (χ3v) is 7.28. The molecule has 3 saturated heterocycles. The second-order valence-corrected chi connectivity index (χ2v) is 10.6. The van der Waals surface area contributed by atoms with Crippen molar-refractivity contribution in [2.45, 2.75) is 45.2 Å². The minimum Gasteiger partial charge on any atom is -0.352 e. The normalized spacial score (nSPS) is 24.6. The Hall–Kier alpha value is -2.70. The van der Waals surface area contributed by atoms with Crippen LogP contribution in [-0.2, 0) is 7.05 Å². The number of rotatable bonds is 5. The molecule has 3 fully saturated rings. The van der Waals surface area contributed by atoms with Crippen molar-refractivity contribution in [2.75, 3.05) is 49.5 Å². The van der Waals surface area contributed by atoms with Gasteiger partial charge in [-0.2, -0.15) is 15.3 Å². The van der Waals surface area contributed by atoms with Gasteiger partial charge in [0.05, 0.1) is 29.9 Å². The van der Waals surface area contributed by atoms with Gasteiger partial charge in [0.2, 0.25) is 5.95 Å². The molecule has 5 heterocycles. The van der Waals surface area contributed by atoms with Gasteiger partial charge in [-0.15, -0.1) is 0 Å². The summed E-state index contributed by atoms with van der Waals surface area (Å²) in [4.78, 5) is 16.8. The lowest BCUT2D eigenvalue weighted by Crippen LogP contribution is -2.73. The van der Waals surface area contributed by atoms with Gasteiger partial charge in [0.25, 0.3) is 0 Å². The number of nitriles is 1. The first-order valence-corrected chi connectivity index (χ1v) is 11.5. The van der Waals surface area contributed by atoms with E-state index in [1.54, 1.807) is 10.9 Å². The van der Waals surface area contributed by atoms with Crippen molar-refractivity contribution in [3.05, 3.63) is 24.2 Å². The predicted octanol–water partition coefficient (Wildman–Crippen LogP) is 2.15. The number of hydrogen-bond donors (Lipinski definition) is 1. The summed E-state index contributed by atoms with van der Waals surface area (Å²) in [6.07, 6.45) is 7.32. The Balaban J connectivity index is 1.30. The summed E-state index contributed by atoms with van der Waals surface area (Å²) >= 11 is 0. The average Bonchev–Trinajstić information content (AvgIpc) is 3.26. The van der Waals surface area contributed by atoms with E-state index in [-0.39, 0.29) is 5.54 Å². The van der Waals surface area contributed by atoms with Gasteiger partial charge in [0, 0.05) is 70.3 Å². The largest absolute Gasteiger partial charge is 0.352 e. The molecular formula is C23H33N9. The highest BCUT2D eigenvalue weighted by molar-refractivity contribution is 5.57. The van der Waals surface area contributed by atoms with Crippen LogP contribution in [0.15, 0.2) is 18.6 Å². The monoisotopic (exact) mass is 435 g/mol. The van der Waals surface area contributed by atoms with Gasteiger partial charge in [-0.3, -0.25) is 14.5 Å². The van der Waals surface area contributed by atoms with Crippen molar-refractivity contribution < 1.29 is 0 Å². The van der Waals surface area contributed by atoms with E-state index in [9.17, 15) is 5.26 Å². The molecule has 3 aliphatic heterocycles. The van der Waals surface area contributed by atoms with Gasteiger partial charge < -0.3 is 10.2 Å². The Morgan fingerprint density at radius 2 is 2.03 bits per heavy atom. The van der Waals surface area contributed by atoms with E-state index in [1.165, 1.54) is 13.0 Å². The quantitative estimate of drug-likeness (QED) is 0.764. The Bertz CT molecular complexity index is 1030. The van der Waals surface area contributed by atoms with E-state index in [0.29, 0.717) is 23.8 Å². The number of fused-ring (bicyclic) bond motifs is 1. The van der Waals surface area contributed by atoms with Crippen molar-refractivity contribution in [1.29, 1.82) is 5.26 Å². The second kappa shape index (κ2) is 7.71. The standard InChI is InChI=1S/C23H33N9/c1-17-10-25-21(27-18-11-26-29(4)12-18)28-20(17)31-15-23(16-31,5-6-24)32-8-7-30-14-22(2,3)9-19(30)13-32/h10-12,19H,5,7-9,13-16H2,1-4H3,(H,25,27,28)/t19-/m0/s1. The van der Waals surface area contributed by atoms with E-state index in [0.717, 1.165) is 49.8 Å². The number of anilines is 3. The van der Waals surface area contributed by atoms with Gasteiger partial charge in [0.15, 0.2) is 0 Å². The number of piperazine rings is 1. The molecule has 1 atom stereocenters. The van der Waals surface area contributed by atoms with Crippen LogP contribution >= 0.6 is 0 Å². The molecule has 3 aliphatic rings. The maximum Gasteiger partial charge on any atom is 0.229 e. The molecule has 1 N–H and O–H groups in total. The van der Waals surface area contributed by atoms with Crippen molar-refractivity contribution in [3.8, 4) is 6.07 Å². The highest BCUT2D eigenvalue weighted by Crippen LogP contribution is 2.41. The molecule has 0 spiro atoms. The zero-order valence-electron chi connectivity index (χ0n) is 19.5. The first-order valence-electron chi connectivity index (χ1n) is 11.5. The Labute approximate surface area is 190 Å². The molecule has 0 saturated carbocycles. The van der Waals surface area contributed by atoms with Crippen LogP contribution in [0, 0.1) is 23.7 Å². The highest BCUT2D eigenvalue weighted by Gasteiger charge is 2.51. The van der Waals surface area contributed by atoms with E-state index >= 15 is 0 Å². The van der Waals surface area contributed by atoms with Crippen LogP contribution < -0.4 is 10.2 Å². The lowest BCUT2D eigenvalue weighted by atomic mass is 9.83. The molecule has 0 aliphatic carbocycles. The van der Waals surface area contributed by atoms with Gasteiger partial charge in [-0.25, -0.2) is 4.98 Å². The average molecular weight is 436 g/mol. The third-order valence-electron chi connectivity index (χ3n) is 7.28. The minimum absolute atomic E-state index is 0.0814. The summed E-state index contributed by atoms with van der Waals surface area (Å²) in [7, 11) is 1.88. The number of aromatic nitrogens is 4. The maximum absolute atomic E-state index is 9.64. The molecule has 9 nitrogen and oxygen atoms in total. The fraction of sp³-hybridized carbons (Fsp3) is 0.652. The van der Waals surface area contributed by atoms with Crippen molar-refractivity contribution in [3.63, 3.8) is 0 Å². The lowest BCUT2D eigenvalue weighted by molar-refractivity contribution is -0.000671. The molecule has 0 unspecified atom stereocenters. The van der Waals surface area contributed by atoms with Crippen LogP contribution in [0.1, 0.15) is 32.3 Å². The molecule has 5 rings (SSSR count). The summed E-state index contributed by atoms with van der Waals surface area (Å²) in [5.41, 5.74) is 2.23. The fourth-order valence-corrected chi connectivity index (χ4v) is 5.79. The van der Waals surface area contributed by atoms with Gasteiger partial charge in [-0.05, 0) is 18.8 Å². The zero-order valence-corrected chi connectivity index (χ0v) is 19.5. The number of nitrogens with zero attached hydrogens (tertiary/aromatic N) is 8. The molecule has 0 radical (unpaired) electrons. The summed E-state index contributed by atoms with van der Waals surface area (Å²) in [6.45, 7) is 12.9. The first-order chi connectivity index (χ1) is 15.3. The van der Waals surface area contributed by atoms with E-state index in [1.807, 2.05) is 26.4 Å².